The zero-order valence-electron chi connectivity index (χ0n) is 19.5. The van der Waals surface area contributed by atoms with Gasteiger partial charge in [0.2, 0.25) is 0 Å². The Hall–Kier alpha value is -3.44. The first-order valence-corrected chi connectivity index (χ1v) is 8.39. The number of rotatable bonds is 6. The maximum Gasteiger partial charge on any atom is 0.269 e. The third-order valence-electron chi connectivity index (χ3n) is 3.70. The van der Waals surface area contributed by atoms with Crippen LogP contribution in [0.1, 0.15) is 47.2 Å². The van der Waals surface area contributed by atoms with Crippen LogP contribution in [0, 0.1) is 11.3 Å². The average molecular weight is 402 g/mol. The molecular formula is C19H17ClN6O2. The van der Waals surface area contributed by atoms with Crippen LogP contribution in [-0.2, 0) is 6.50 Å². The molecule has 2 N–H and O–H groups in total. The quantitative estimate of drug-likeness (QED) is 0.616. The zero-order chi connectivity index (χ0) is 24.6. The van der Waals surface area contributed by atoms with Crippen molar-refractivity contribution in [1.82, 2.24) is 25.3 Å². The van der Waals surface area contributed by atoms with Gasteiger partial charge in [-0.1, -0.05) is 17.7 Å². The van der Waals surface area contributed by atoms with Gasteiger partial charge >= 0.3 is 0 Å². The number of halogens is 1. The van der Waals surface area contributed by atoms with Gasteiger partial charge in [0, 0.05) is 28.8 Å². The highest BCUT2D eigenvalue weighted by Crippen LogP contribution is 2.24. The van der Waals surface area contributed by atoms with Crippen LogP contribution in [0.4, 0.5) is 0 Å². The molecule has 0 radical (unpaired) electrons. The van der Waals surface area contributed by atoms with E-state index >= 15 is 0 Å². The summed E-state index contributed by atoms with van der Waals surface area (Å²) in [6.07, 6.45) is 1.40. The molecule has 2 aromatic heterocycles. The summed E-state index contributed by atoms with van der Waals surface area (Å²) >= 11 is 6.05. The highest BCUT2D eigenvalue weighted by Gasteiger charge is 2.15. The maximum atomic E-state index is 12.5. The number of nitrogens with zero attached hydrogens (tertiary/aromatic N) is 4. The molecule has 1 atom stereocenters. The van der Waals surface area contributed by atoms with Gasteiger partial charge in [-0.05, 0) is 31.2 Å². The number of carbonyl (C=O) groups excluding carboxylic acids is 2. The number of hydrogen-bond acceptors (Lipinski definition) is 5. The number of nitrogens with one attached hydrogen (secondary N) is 2. The highest BCUT2D eigenvalue weighted by molar-refractivity contribution is 6.32. The Bertz CT molecular complexity index is 1260. The van der Waals surface area contributed by atoms with Gasteiger partial charge < -0.3 is 5.32 Å². The van der Waals surface area contributed by atoms with E-state index in [1.807, 2.05) is 6.07 Å². The molecule has 0 aliphatic carbocycles. The van der Waals surface area contributed by atoms with Crippen LogP contribution in [0.3, 0.4) is 0 Å². The second kappa shape index (κ2) is 8.06. The van der Waals surface area contributed by atoms with Crippen LogP contribution in [0.25, 0.3) is 11.3 Å². The van der Waals surface area contributed by atoms with Gasteiger partial charge in [-0.15, -0.1) is 0 Å². The third kappa shape index (κ3) is 4.27. The number of aromatic amines is 1. The standard InChI is InChI=1S/C19H17ClN6O2/c1-11(22-19(28)18-8-17(12(2)27)23-24-18)10-26-6-5-16(25-26)13-3-4-14(9-21)15(20)7-13/h3-8,11H,10H2,1-2H3,(H,22,28)(H,23,24)/t11-/m0/s1/i2D3,10D2. The summed E-state index contributed by atoms with van der Waals surface area (Å²) in [6, 6.07) is 8.13. The van der Waals surface area contributed by atoms with E-state index in [1.165, 1.54) is 19.2 Å². The van der Waals surface area contributed by atoms with Crippen LogP contribution in [0.2, 0.25) is 5.02 Å². The van der Waals surface area contributed by atoms with Gasteiger partial charge in [0.25, 0.3) is 5.91 Å². The molecule has 28 heavy (non-hydrogen) atoms. The number of Topliss-reactive ketones (excluding diaryl/α,β-unsaturated/α-hetero) is 1. The van der Waals surface area contributed by atoms with Crippen molar-refractivity contribution in [1.29, 1.82) is 5.26 Å². The van der Waals surface area contributed by atoms with E-state index in [0.717, 1.165) is 10.7 Å². The summed E-state index contributed by atoms with van der Waals surface area (Å²) in [7, 11) is 0. The van der Waals surface area contributed by atoms with Gasteiger partial charge in [0.05, 0.1) is 25.5 Å². The average Bonchev–Trinajstić information content (AvgIpc) is 3.42. The molecule has 0 saturated heterocycles. The number of amides is 1. The molecule has 0 fully saturated rings. The minimum atomic E-state index is -2.90. The van der Waals surface area contributed by atoms with Crippen LogP contribution >= 0.6 is 11.6 Å². The Morgan fingerprint density at radius 3 is 3.00 bits per heavy atom. The van der Waals surface area contributed by atoms with Crippen molar-refractivity contribution in [2.24, 2.45) is 0 Å². The first-order chi connectivity index (χ1) is 15.3. The molecule has 0 spiro atoms. The van der Waals surface area contributed by atoms with Gasteiger partial charge in [0.1, 0.15) is 17.5 Å². The topological polar surface area (TPSA) is 116 Å². The van der Waals surface area contributed by atoms with Crippen molar-refractivity contribution < 1.29 is 16.4 Å². The summed E-state index contributed by atoms with van der Waals surface area (Å²) in [5, 5.41) is 21.7. The van der Waals surface area contributed by atoms with Gasteiger partial charge in [-0.25, -0.2) is 0 Å². The molecule has 0 aliphatic rings. The monoisotopic (exact) mass is 401 g/mol. The van der Waals surface area contributed by atoms with E-state index in [1.54, 1.807) is 18.2 Å². The fourth-order valence-electron chi connectivity index (χ4n) is 2.37. The molecule has 2 heterocycles. The molecule has 8 nitrogen and oxygen atoms in total. The summed E-state index contributed by atoms with van der Waals surface area (Å²) in [6.45, 7) is -3.64. The number of ketones is 1. The SMILES string of the molecule is [2H]C([2H])([2H])C(=O)c1cc(C(=O)N[C@@H](C)C([2H])([2H])n2ccc(-c3ccc(C#N)c(Cl)c3)n2)[nH]n1. The molecule has 0 unspecified atom stereocenters. The van der Waals surface area contributed by atoms with E-state index in [0.29, 0.717) is 16.8 Å². The Morgan fingerprint density at radius 2 is 2.29 bits per heavy atom. The largest absolute Gasteiger partial charge is 0.346 e. The van der Waals surface area contributed by atoms with E-state index in [2.05, 4.69) is 20.6 Å². The van der Waals surface area contributed by atoms with E-state index in [4.69, 9.17) is 23.7 Å². The van der Waals surface area contributed by atoms with E-state index in [9.17, 15) is 9.59 Å². The summed E-state index contributed by atoms with van der Waals surface area (Å²) in [4.78, 5) is 24.2. The lowest BCUT2D eigenvalue weighted by molar-refractivity contribution is 0.0930. The Labute approximate surface area is 173 Å². The predicted molar refractivity (Wildman–Crippen MR) is 103 cm³/mol. The van der Waals surface area contributed by atoms with Crippen molar-refractivity contribution in [2.75, 3.05) is 0 Å². The van der Waals surface area contributed by atoms with Gasteiger partial charge in [-0.3, -0.25) is 19.4 Å². The highest BCUT2D eigenvalue weighted by atomic mass is 35.5. The number of H-pyrrole nitrogens is 1. The number of hydrogen-bond donors (Lipinski definition) is 2. The summed E-state index contributed by atoms with van der Waals surface area (Å²) in [5.41, 5.74) is 0.667. The van der Waals surface area contributed by atoms with Gasteiger partial charge in [-0.2, -0.15) is 15.5 Å². The normalized spacial score (nSPS) is 15.2. The van der Waals surface area contributed by atoms with E-state index in [-0.39, 0.29) is 10.7 Å². The van der Waals surface area contributed by atoms with E-state index < -0.39 is 36.8 Å². The molecule has 1 amide bonds. The van der Waals surface area contributed by atoms with Crippen molar-refractivity contribution in [3.05, 3.63) is 58.5 Å². The number of benzene rings is 1. The third-order valence-corrected chi connectivity index (χ3v) is 4.02. The number of carbonyl (C=O) groups is 2. The fourth-order valence-corrected chi connectivity index (χ4v) is 2.60. The first kappa shape index (κ1) is 13.7. The fraction of sp³-hybridized carbons (Fsp3) is 0.211. The smallest absolute Gasteiger partial charge is 0.269 e. The van der Waals surface area contributed by atoms with Gasteiger partial charge in [0.15, 0.2) is 5.78 Å². The summed E-state index contributed by atoms with van der Waals surface area (Å²) < 4.78 is 39.2. The van der Waals surface area contributed by atoms with Crippen molar-refractivity contribution in [3.8, 4) is 17.3 Å². The van der Waals surface area contributed by atoms with Crippen LogP contribution in [-0.4, -0.2) is 37.7 Å². The van der Waals surface area contributed by atoms with Crippen LogP contribution in [0.5, 0.6) is 0 Å². The Kier molecular flexibility index (Phi) is 3.94. The molecule has 142 valence electrons. The molecule has 0 aliphatic heterocycles. The molecule has 3 aromatic rings. The predicted octanol–water partition coefficient (Wildman–Crippen LogP) is 2.82. The van der Waals surface area contributed by atoms with Crippen LogP contribution in [0.15, 0.2) is 36.5 Å². The Balaban J connectivity index is 1.75. The molecule has 0 saturated carbocycles. The Morgan fingerprint density at radius 1 is 1.46 bits per heavy atom. The molecule has 3 rings (SSSR count). The number of nitriles is 1. The molecule has 0 bridgehead atoms. The summed E-state index contributed by atoms with van der Waals surface area (Å²) in [5.74, 6) is -2.00. The lowest BCUT2D eigenvalue weighted by atomic mass is 10.1. The first-order valence-electron chi connectivity index (χ1n) is 10.5. The second-order valence-electron chi connectivity index (χ2n) is 5.77. The zero-order valence-corrected chi connectivity index (χ0v) is 15.3. The number of aromatic nitrogens is 4. The second-order valence-corrected chi connectivity index (χ2v) is 6.18. The van der Waals surface area contributed by atoms with Crippen molar-refractivity contribution >= 4 is 23.3 Å². The van der Waals surface area contributed by atoms with Crippen LogP contribution < -0.4 is 5.32 Å². The molecule has 9 heteroatoms. The van der Waals surface area contributed by atoms with Crippen molar-refractivity contribution in [2.45, 2.75) is 26.3 Å². The maximum absolute atomic E-state index is 12.5. The lowest BCUT2D eigenvalue weighted by Gasteiger charge is -2.13. The molecular weight excluding hydrogens is 380 g/mol. The minimum Gasteiger partial charge on any atom is -0.346 e. The minimum absolute atomic E-state index is 0.196. The molecule has 1 aromatic carbocycles. The lowest BCUT2D eigenvalue weighted by Crippen LogP contribution is -2.36. The van der Waals surface area contributed by atoms with Crippen molar-refractivity contribution in [3.63, 3.8) is 0 Å².